The molecule has 2 aromatic rings. The number of rotatable bonds is 6. The molecule has 0 radical (unpaired) electrons. The standard InChI is InChI=1S/C17H23N3S/c1-5-8-15-19-16(18-4)13(3)17(20-15)21-11-14-10-7-6-9-12(14)2/h6-7,9-10H,5,8,11H2,1-4H3,(H,18,19,20). The van der Waals surface area contributed by atoms with Gasteiger partial charge in [0.05, 0.1) is 0 Å². The first-order valence-corrected chi connectivity index (χ1v) is 8.36. The van der Waals surface area contributed by atoms with Crippen LogP contribution in [0.2, 0.25) is 0 Å². The number of aromatic nitrogens is 2. The predicted molar refractivity (Wildman–Crippen MR) is 91.1 cm³/mol. The molecule has 0 saturated carbocycles. The van der Waals surface area contributed by atoms with Gasteiger partial charge in [-0.25, -0.2) is 9.97 Å². The molecule has 1 aromatic carbocycles. The smallest absolute Gasteiger partial charge is 0.133 e. The summed E-state index contributed by atoms with van der Waals surface area (Å²) in [5.74, 6) is 2.82. The molecule has 0 fully saturated rings. The average Bonchev–Trinajstić information content (AvgIpc) is 2.49. The van der Waals surface area contributed by atoms with Crippen LogP contribution in [0.25, 0.3) is 0 Å². The number of aryl methyl sites for hydroxylation is 2. The lowest BCUT2D eigenvalue weighted by atomic mass is 10.1. The molecule has 0 spiro atoms. The lowest BCUT2D eigenvalue weighted by Crippen LogP contribution is -2.05. The number of hydrogen-bond acceptors (Lipinski definition) is 4. The predicted octanol–water partition coefficient (Wildman–Crippen LogP) is 4.38. The maximum atomic E-state index is 4.73. The summed E-state index contributed by atoms with van der Waals surface area (Å²) in [6.07, 6.45) is 1.99. The summed E-state index contributed by atoms with van der Waals surface area (Å²) in [5, 5.41) is 4.26. The van der Waals surface area contributed by atoms with Gasteiger partial charge in [-0.1, -0.05) is 31.2 Å². The van der Waals surface area contributed by atoms with Crippen LogP contribution in [-0.4, -0.2) is 17.0 Å². The van der Waals surface area contributed by atoms with Crippen molar-refractivity contribution in [3.63, 3.8) is 0 Å². The Bertz CT molecular complexity index is 611. The maximum Gasteiger partial charge on any atom is 0.133 e. The quantitative estimate of drug-likeness (QED) is 0.634. The van der Waals surface area contributed by atoms with E-state index in [2.05, 4.69) is 55.3 Å². The Labute approximate surface area is 131 Å². The highest BCUT2D eigenvalue weighted by atomic mass is 32.2. The summed E-state index contributed by atoms with van der Waals surface area (Å²) in [4.78, 5) is 9.31. The second-order valence-corrected chi connectivity index (χ2v) is 6.10. The Morgan fingerprint density at radius 1 is 1.14 bits per heavy atom. The van der Waals surface area contributed by atoms with Crippen molar-refractivity contribution in [2.24, 2.45) is 0 Å². The minimum atomic E-state index is 0.923. The largest absolute Gasteiger partial charge is 0.373 e. The third kappa shape index (κ3) is 3.97. The molecule has 0 unspecified atom stereocenters. The van der Waals surface area contributed by atoms with E-state index < -0.39 is 0 Å². The minimum Gasteiger partial charge on any atom is -0.373 e. The molecule has 21 heavy (non-hydrogen) atoms. The van der Waals surface area contributed by atoms with Gasteiger partial charge < -0.3 is 5.32 Å². The zero-order chi connectivity index (χ0) is 15.2. The van der Waals surface area contributed by atoms with E-state index in [1.54, 1.807) is 11.8 Å². The van der Waals surface area contributed by atoms with Crippen molar-refractivity contribution in [2.75, 3.05) is 12.4 Å². The Hall–Kier alpha value is -1.55. The lowest BCUT2D eigenvalue weighted by Gasteiger charge is -2.12. The maximum absolute atomic E-state index is 4.73. The molecule has 1 heterocycles. The zero-order valence-electron chi connectivity index (χ0n) is 13.2. The second kappa shape index (κ2) is 7.46. The van der Waals surface area contributed by atoms with E-state index in [0.29, 0.717) is 0 Å². The van der Waals surface area contributed by atoms with Gasteiger partial charge in [0.2, 0.25) is 0 Å². The van der Waals surface area contributed by atoms with Crippen molar-refractivity contribution in [1.82, 2.24) is 9.97 Å². The number of anilines is 1. The van der Waals surface area contributed by atoms with Crippen LogP contribution < -0.4 is 5.32 Å². The van der Waals surface area contributed by atoms with Crippen LogP contribution in [0.15, 0.2) is 29.3 Å². The van der Waals surface area contributed by atoms with E-state index in [-0.39, 0.29) is 0 Å². The highest BCUT2D eigenvalue weighted by molar-refractivity contribution is 7.98. The van der Waals surface area contributed by atoms with Crippen LogP contribution in [0.1, 0.15) is 35.9 Å². The van der Waals surface area contributed by atoms with Gasteiger partial charge in [0.15, 0.2) is 0 Å². The first-order valence-electron chi connectivity index (χ1n) is 7.38. The molecule has 4 heteroatoms. The molecule has 0 bridgehead atoms. The van der Waals surface area contributed by atoms with E-state index >= 15 is 0 Å². The van der Waals surface area contributed by atoms with Crippen molar-refractivity contribution in [1.29, 1.82) is 0 Å². The van der Waals surface area contributed by atoms with Gasteiger partial charge in [-0.3, -0.25) is 0 Å². The van der Waals surface area contributed by atoms with Crippen LogP contribution in [0.4, 0.5) is 5.82 Å². The fraction of sp³-hybridized carbons (Fsp3) is 0.412. The van der Waals surface area contributed by atoms with E-state index in [9.17, 15) is 0 Å². The molecule has 1 N–H and O–H groups in total. The van der Waals surface area contributed by atoms with Crippen LogP contribution in [-0.2, 0) is 12.2 Å². The van der Waals surface area contributed by atoms with Gasteiger partial charge in [0.1, 0.15) is 16.7 Å². The van der Waals surface area contributed by atoms with Crippen molar-refractivity contribution < 1.29 is 0 Å². The molecule has 3 nitrogen and oxygen atoms in total. The second-order valence-electron chi connectivity index (χ2n) is 5.13. The van der Waals surface area contributed by atoms with Crippen LogP contribution in [0, 0.1) is 13.8 Å². The van der Waals surface area contributed by atoms with E-state index in [4.69, 9.17) is 4.98 Å². The topological polar surface area (TPSA) is 37.8 Å². The average molecular weight is 301 g/mol. The monoisotopic (exact) mass is 301 g/mol. The summed E-state index contributed by atoms with van der Waals surface area (Å²) < 4.78 is 0. The number of nitrogens with one attached hydrogen (secondary N) is 1. The van der Waals surface area contributed by atoms with Gasteiger partial charge in [-0.15, -0.1) is 11.8 Å². The molecule has 2 rings (SSSR count). The van der Waals surface area contributed by atoms with Crippen LogP contribution in [0.5, 0.6) is 0 Å². The Morgan fingerprint density at radius 3 is 2.57 bits per heavy atom. The summed E-state index contributed by atoms with van der Waals surface area (Å²) >= 11 is 1.79. The minimum absolute atomic E-state index is 0.923. The fourth-order valence-electron chi connectivity index (χ4n) is 2.18. The molecule has 0 saturated heterocycles. The van der Waals surface area contributed by atoms with E-state index in [1.165, 1.54) is 11.1 Å². The van der Waals surface area contributed by atoms with Gasteiger partial charge in [-0.05, 0) is 31.4 Å². The normalized spacial score (nSPS) is 10.7. The molecule has 0 aliphatic carbocycles. The molecule has 0 aliphatic heterocycles. The van der Waals surface area contributed by atoms with E-state index in [0.717, 1.165) is 40.8 Å². The number of nitrogens with zero attached hydrogens (tertiary/aromatic N) is 2. The third-order valence-electron chi connectivity index (χ3n) is 3.48. The molecule has 0 amide bonds. The van der Waals surface area contributed by atoms with Crippen molar-refractivity contribution >= 4 is 17.6 Å². The van der Waals surface area contributed by atoms with Gasteiger partial charge in [0.25, 0.3) is 0 Å². The highest BCUT2D eigenvalue weighted by Gasteiger charge is 2.11. The van der Waals surface area contributed by atoms with Crippen molar-refractivity contribution in [2.45, 2.75) is 44.4 Å². The number of benzene rings is 1. The Balaban J connectivity index is 2.22. The van der Waals surface area contributed by atoms with Gasteiger partial charge in [0, 0.05) is 24.8 Å². The van der Waals surface area contributed by atoms with E-state index in [1.807, 2.05) is 7.05 Å². The fourth-order valence-corrected chi connectivity index (χ4v) is 3.28. The summed E-state index contributed by atoms with van der Waals surface area (Å²) in [6.45, 7) is 6.40. The summed E-state index contributed by atoms with van der Waals surface area (Å²) in [5.41, 5.74) is 3.83. The SMILES string of the molecule is CCCc1nc(NC)c(C)c(SCc2ccccc2C)n1. The third-order valence-corrected chi connectivity index (χ3v) is 4.61. The molecule has 112 valence electrons. The Kier molecular flexibility index (Phi) is 5.62. The molecule has 1 aromatic heterocycles. The first-order chi connectivity index (χ1) is 10.2. The van der Waals surface area contributed by atoms with Crippen molar-refractivity contribution in [3.05, 3.63) is 46.8 Å². The van der Waals surface area contributed by atoms with Gasteiger partial charge in [-0.2, -0.15) is 0 Å². The molecular formula is C17H23N3S. The molecular weight excluding hydrogens is 278 g/mol. The van der Waals surface area contributed by atoms with Crippen molar-refractivity contribution in [3.8, 4) is 0 Å². The number of thioether (sulfide) groups is 1. The summed E-state index contributed by atoms with van der Waals surface area (Å²) in [7, 11) is 1.92. The first kappa shape index (κ1) is 15.8. The Morgan fingerprint density at radius 2 is 1.90 bits per heavy atom. The number of hydrogen-bond donors (Lipinski definition) is 1. The molecule has 0 aliphatic rings. The summed E-state index contributed by atoms with van der Waals surface area (Å²) in [6, 6.07) is 8.52. The van der Waals surface area contributed by atoms with Crippen LogP contribution >= 0.6 is 11.8 Å². The van der Waals surface area contributed by atoms with Crippen LogP contribution in [0.3, 0.4) is 0 Å². The highest BCUT2D eigenvalue weighted by Crippen LogP contribution is 2.28. The molecule has 0 atom stereocenters. The lowest BCUT2D eigenvalue weighted by molar-refractivity contribution is 0.804. The van der Waals surface area contributed by atoms with Gasteiger partial charge >= 0.3 is 0 Å². The zero-order valence-corrected chi connectivity index (χ0v) is 14.0.